The third kappa shape index (κ3) is 2.57. The number of hydrogen-bond acceptors (Lipinski definition) is 1. The van der Waals surface area contributed by atoms with Gasteiger partial charge in [0, 0.05) is 11.3 Å². The number of carbonyl (C=O) groups is 1. The number of nitrogens with zero attached hydrogens (tertiary/aromatic N) is 1. The summed E-state index contributed by atoms with van der Waals surface area (Å²) in [6.07, 6.45) is 4.01. The fraction of sp³-hybridized carbons (Fsp3) is 0.250. The summed E-state index contributed by atoms with van der Waals surface area (Å²) in [5, 5.41) is 0. The first-order valence-electron chi connectivity index (χ1n) is 7.77. The number of carbonyl (C=O) groups excluding carboxylic acids is 1. The molecule has 2 aromatic rings. The summed E-state index contributed by atoms with van der Waals surface area (Å²) < 4.78 is 0. The van der Waals surface area contributed by atoms with E-state index in [1.807, 2.05) is 42.2 Å². The molecule has 2 heteroatoms. The van der Waals surface area contributed by atoms with Crippen molar-refractivity contribution in [3.8, 4) is 0 Å². The molecule has 1 aliphatic heterocycles. The normalized spacial score (nSPS) is 14.2. The summed E-state index contributed by atoms with van der Waals surface area (Å²) in [5.74, 6) is 0.600. The Morgan fingerprint density at radius 2 is 1.82 bits per heavy atom. The molecule has 112 valence electrons. The summed E-state index contributed by atoms with van der Waals surface area (Å²) in [6.45, 7) is 6.99. The average molecular weight is 291 g/mol. The first kappa shape index (κ1) is 14.6. The van der Waals surface area contributed by atoms with E-state index < -0.39 is 0 Å². The highest BCUT2D eigenvalue weighted by atomic mass is 16.2. The molecule has 0 aromatic heterocycles. The third-order valence-corrected chi connectivity index (χ3v) is 4.17. The van der Waals surface area contributed by atoms with Crippen LogP contribution in [0.4, 0.5) is 5.69 Å². The van der Waals surface area contributed by atoms with Gasteiger partial charge >= 0.3 is 0 Å². The maximum atomic E-state index is 12.7. The van der Waals surface area contributed by atoms with Crippen LogP contribution >= 0.6 is 0 Å². The van der Waals surface area contributed by atoms with Crippen LogP contribution in [0.25, 0.3) is 6.08 Å². The number of anilines is 1. The number of benzene rings is 2. The molecule has 1 heterocycles. The van der Waals surface area contributed by atoms with E-state index in [-0.39, 0.29) is 5.91 Å². The number of fused-ring (bicyclic) bond motifs is 1. The molecule has 0 saturated carbocycles. The maximum Gasteiger partial charge on any atom is 0.258 e. The zero-order valence-corrected chi connectivity index (χ0v) is 13.3. The predicted octanol–water partition coefficient (Wildman–Crippen LogP) is 5.00. The Hall–Kier alpha value is -2.35. The number of rotatable bonds is 3. The second-order valence-corrected chi connectivity index (χ2v) is 6.05. The van der Waals surface area contributed by atoms with Crippen molar-refractivity contribution in [1.29, 1.82) is 0 Å². The molecule has 0 saturated heterocycles. The average Bonchev–Trinajstić information content (AvgIpc) is 2.85. The second kappa shape index (κ2) is 5.80. The Labute approximate surface area is 132 Å². The molecule has 0 bridgehead atoms. The minimum atomic E-state index is 0.0960. The lowest BCUT2D eigenvalue weighted by Gasteiger charge is -2.16. The van der Waals surface area contributed by atoms with Crippen LogP contribution in [0.1, 0.15) is 53.7 Å². The number of allylic oxidation sites excluding steroid dienone is 1. The van der Waals surface area contributed by atoms with Gasteiger partial charge in [-0.05, 0) is 47.7 Å². The highest BCUT2D eigenvalue weighted by molar-refractivity contribution is 6.10. The minimum absolute atomic E-state index is 0.0960. The summed E-state index contributed by atoms with van der Waals surface area (Å²) in [4.78, 5) is 14.5. The van der Waals surface area contributed by atoms with Crippen LogP contribution in [0.3, 0.4) is 0 Å². The Balaban J connectivity index is 1.90. The molecule has 0 aliphatic carbocycles. The van der Waals surface area contributed by atoms with E-state index in [0.29, 0.717) is 12.5 Å². The van der Waals surface area contributed by atoms with Crippen molar-refractivity contribution in [1.82, 2.24) is 0 Å². The highest BCUT2D eigenvalue weighted by Crippen LogP contribution is 2.30. The van der Waals surface area contributed by atoms with Gasteiger partial charge in [-0.1, -0.05) is 50.3 Å². The SMILES string of the molecule is CC=Cc1ccc2c(c1)C(=O)N(c1ccc(C(C)C)cc1)C2. The van der Waals surface area contributed by atoms with Crippen molar-refractivity contribution in [3.05, 3.63) is 70.8 Å². The van der Waals surface area contributed by atoms with Gasteiger partial charge in [-0.3, -0.25) is 4.79 Å². The van der Waals surface area contributed by atoms with Gasteiger partial charge < -0.3 is 4.90 Å². The fourth-order valence-electron chi connectivity index (χ4n) is 2.86. The first-order chi connectivity index (χ1) is 10.6. The van der Waals surface area contributed by atoms with Crippen molar-refractivity contribution in [2.45, 2.75) is 33.2 Å². The number of amides is 1. The Morgan fingerprint density at radius 1 is 1.09 bits per heavy atom. The topological polar surface area (TPSA) is 20.3 Å². The molecule has 0 atom stereocenters. The van der Waals surface area contributed by atoms with Crippen molar-refractivity contribution < 1.29 is 4.79 Å². The summed E-state index contributed by atoms with van der Waals surface area (Å²) >= 11 is 0. The van der Waals surface area contributed by atoms with E-state index in [1.165, 1.54) is 5.56 Å². The standard InChI is InChI=1S/C20H21NO/c1-4-5-15-6-7-17-13-21(20(22)19(17)12-15)18-10-8-16(9-11-18)14(2)3/h4-12,14H,13H2,1-3H3. The van der Waals surface area contributed by atoms with E-state index >= 15 is 0 Å². The van der Waals surface area contributed by atoms with Crippen molar-refractivity contribution in [2.75, 3.05) is 4.90 Å². The largest absolute Gasteiger partial charge is 0.304 e. The van der Waals surface area contributed by atoms with Gasteiger partial charge in [-0.2, -0.15) is 0 Å². The van der Waals surface area contributed by atoms with E-state index in [2.05, 4.69) is 38.1 Å². The minimum Gasteiger partial charge on any atom is -0.304 e. The Morgan fingerprint density at radius 3 is 2.45 bits per heavy atom. The van der Waals surface area contributed by atoms with Crippen LogP contribution < -0.4 is 4.90 Å². The van der Waals surface area contributed by atoms with Gasteiger partial charge in [0.25, 0.3) is 5.91 Å². The molecule has 0 N–H and O–H groups in total. The molecule has 1 amide bonds. The van der Waals surface area contributed by atoms with Crippen LogP contribution in [0.5, 0.6) is 0 Å². The summed E-state index contributed by atoms with van der Waals surface area (Å²) in [5.41, 5.74) is 5.27. The smallest absolute Gasteiger partial charge is 0.258 e. The monoisotopic (exact) mass is 291 g/mol. The lowest BCUT2D eigenvalue weighted by atomic mass is 10.0. The van der Waals surface area contributed by atoms with Crippen molar-refractivity contribution >= 4 is 17.7 Å². The molecule has 0 radical (unpaired) electrons. The van der Waals surface area contributed by atoms with Gasteiger partial charge in [0.15, 0.2) is 0 Å². The molecule has 1 aliphatic rings. The molecule has 0 spiro atoms. The van der Waals surface area contributed by atoms with Crippen LogP contribution in [0.2, 0.25) is 0 Å². The quantitative estimate of drug-likeness (QED) is 0.779. The van der Waals surface area contributed by atoms with Crippen LogP contribution in [-0.4, -0.2) is 5.91 Å². The van der Waals surface area contributed by atoms with Crippen LogP contribution in [-0.2, 0) is 6.54 Å². The van der Waals surface area contributed by atoms with Crippen LogP contribution in [0, 0.1) is 0 Å². The predicted molar refractivity (Wildman–Crippen MR) is 92.2 cm³/mol. The van der Waals surface area contributed by atoms with Gasteiger partial charge in [-0.15, -0.1) is 0 Å². The van der Waals surface area contributed by atoms with E-state index in [0.717, 1.165) is 22.4 Å². The van der Waals surface area contributed by atoms with Gasteiger partial charge in [0.05, 0.1) is 6.54 Å². The zero-order chi connectivity index (χ0) is 15.7. The van der Waals surface area contributed by atoms with Crippen molar-refractivity contribution in [3.63, 3.8) is 0 Å². The van der Waals surface area contributed by atoms with Gasteiger partial charge in [0.2, 0.25) is 0 Å². The molecular weight excluding hydrogens is 270 g/mol. The summed E-state index contributed by atoms with van der Waals surface area (Å²) in [6, 6.07) is 14.4. The molecule has 0 unspecified atom stereocenters. The third-order valence-electron chi connectivity index (χ3n) is 4.17. The Kier molecular flexibility index (Phi) is 3.84. The van der Waals surface area contributed by atoms with E-state index in [1.54, 1.807) is 0 Å². The van der Waals surface area contributed by atoms with Crippen molar-refractivity contribution in [2.24, 2.45) is 0 Å². The molecule has 22 heavy (non-hydrogen) atoms. The number of hydrogen-bond donors (Lipinski definition) is 0. The maximum absolute atomic E-state index is 12.7. The lowest BCUT2D eigenvalue weighted by Crippen LogP contribution is -2.22. The lowest BCUT2D eigenvalue weighted by molar-refractivity contribution is 0.0996. The van der Waals surface area contributed by atoms with Gasteiger partial charge in [-0.25, -0.2) is 0 Å². The molecule has 2 aromatic carbocycles. The molecular formula is C20H21NO. The highest BCUT2D eigenvalue weighted by Gasteiger charge is 2.28. The summed E-state index contributed by atoms with van der Waals surface area (Å²) in [7, 11) is 0. The fourth-order valence-corrected chi connectivity index (χ4v) is 2.86. The first-order valence-corrected chi connectivity index (χ1v) is 7.77. The molecule has 3 rings (SSSR count). The Bertz CT molecular complexity index is 726. The molecule has 2 nitrogen and oxygen atoms in total. The van der Waals surface area contributed by atoms with E-state index in [4.69, 9.17) is 0 Å². The van der Waals surface area contributed by atoms with E-state index in [9.17, 15) is 4.79 Å². The van der Waals surface area contributed by atoms with Crippen LogP contribution in [0.15, 0.2) is 48.5 Å². The van der Waals surface area contributed by atoms with Gasteiger partial charge in [0.1, 0.15) is 0 Å². The molecule has 0 fully saturated rings. The second-order valence-electron chi connectivity index (χ2n) is 6.05. The zero-order valence-electron chi connectivity index (χ0n) is 13.3.